The Labute approximate surface area is 220 Å². The highest BCUT2D eigenvalue weighted by molar-refractivity contribution is 6.31. The van der Waals surface area contributed by atoms with Crippen LogP contribution in [0.4, 0.5) is 0 Å². The number of benzene rings is 3. The lowest BCUT2D eigenvalue weighted by Gasteiger charge is -2.34. The van der Waals surface area contributed by atoms with Crippen molar-refractivity contribution in [3.8, 4) is 11.5 Å². The Hall–Kier alpha value is -3.48. The van der Waals surface area contributed by atoms with Gasteiger partial charge in [0.15, 0.2) is 11.5 Å². The second-order valence-electron chi connectivity index (χ2n) is 8.27. The van der Waals surface area contributed by atoms with Gasteiger partial charge < -0.3 is 19.3 Å². The molecule has 0 N–H and O–H groups in total. The van der Waals surface area contributed by atoms with E-state index in [0.29, 0.717) is 53.3 Å². The molecular formula is C28H26Cl2N2O4. The Kier molecular flexibility index (Phi) is 8.18. The number of hydrogen-bond acceptors (Lipinski definition) is 4. The SMILES string of the molecule is COc1ccc(C(=O)N2CCN(C(=O)C=C(c3cccc(Cl)c3)c3cccc(Cl)c3)CC2)cc1OC. The molecule has 0 aliphatic carbocycles. The van der Waals surface area contributed by atoms with Gasteiger partial charge in [-0.2, -0.15) is 0 Å². The first-order valence-electron chi connectivity index (χ1n) is 11.4. The third-order valence-electron chi connectivity index (χ3n) is 6.05. The molecular weight excluding hydrogens is 499 g/mol. The number of carbonyl (C=O) groups excluding carboxylic acids is 2. The fraction of sp³-hybridized carbons (Fsp3) is 0.214. The van der Waals surface area contributed by atoms with Crippen molar-refractivity contribution in [3.05, 3.63) is 99.5 Å². The van der Waals surface area contributed by atoms with E-state index in [2.05, 4.69) is 0 Å². The molecule has 0 unspecified atom stereocenters. The Morgan fingerprint density at radius 2 is 1.28 bits per heavy atom. The normalized spacial score (nSPS) is 13.2. The first-order valence-corrected chi connectivity index (χ1v) is 12.2. The number of hydrogen-bond donors (Lipinski definition) is 0. The van der Waals surface area contributed by atoms with Gasteiger partial charge in [0.1, 0.15) is 0 Å². The van der Waals surface area contributed by atoms with Gasteiger partial charge >= 0.3 is 0 Å². The van der Waals surface area contributed by atoms with E-state index >= 15 is 0 Å². The van der Waals surface area contributed by atoms with E-state index in [-0.39, 0.29) is 11.8 Å². The van der Waals surface area contributed by atoms with Crippen LogP contribution in [0.25, 0.3) is 5.57 Å². The molecule has 1 heterocycles. The minimum Gasteiger partial charge on any atom is -0.493 e. The molecule has 186 valence electrons. The van der Waals surface area contributed by atoms with Gasteiger partial charge in [0, 0.05) is 47.9 Å². The van der Waals surface area contributed by atoms with Crippen molar-refractivity contribution in [2.24, 2.45) is 0 Å². The molecule has 3 aromatic rings. The first-order chi connectivity index (χ1) is 17.4. The smallest absolute Gasteiger partial charge is 0.254 e. The second-order valence-corrected chi connectivity index (χ2v) is 9.14. The topological polar surface area (TPSA) is 59.1 Å². The fourth-order valence-electron chi connectivity index (χ4n) is 4.14. The largest absolute Gasteiger partial charge is 0.493 e. The minimum absolute atomic E-state index is 0.114. The highest BCUT2D eigenvalue weighted by Gasteiger charge is 2.25. The number of ether oxygens (including phenoxy) is 2. The third kappa shape index (κ3) is 5.83. The number of amides is 2. The van der Waals surface area contributed by atoms with Gasteiger partial charge in [-0.3, -0.25) is 9.59 Å². The Morgan fingerprint density at radius 1 is 0.722 bits per heavy atom. The summed E-state index contributed by atoms with van der Waals surface area (Å²) in [5.74, 6) is 0.809. The second kappa shape index (κ2) is 11.5. The number of rotatable bonds is 6. The van der Waals surface area contributed by atoms with E-state index in [0.717, 1.165) is 16.7 Å². The summed E-state index contributed by atoms with van der Waals surface area (Å²) in [6.45, 7) is 1.70. The summed E-state index contributed by atoms with van der Waals surface area (Å²) in [5, 5.41) is 1.16. The maximum Gasteiger partial charge on any atom is 0.254 e. The van der Waals surface area contributed by atoms with E-state index in [9.17, 15) is 9.59 Å². The molecule has 3 aromatic carbocycles. The monoisotopic (exact) mass is 524 g/mol. The number of halogens is 2. The quantitative estimate of drug-likeness (QED) is 0.403. The maximum absolute atomic E-state index is 13.3. The van der Waals surface area contributed by atoms with Crippen LogP contribution in [0, 0.1) is 0 Å². The molecule has 1 aliphatic rings. The lowest BCUT2D eigenvalue weighted by atomic mass is 9.97. The van der Waals surface area contributed by atoms with Gasteiger partial charge in [0.25, 0.3) is 5.91 Å². The summed E-state index contributed by atoms with van der Waals surface area (Å²) < 4.78 is 10.6. The zero-order valence-corrected chi connectivity index (χ0v) is 21.6. The molecule has 2 amide bonds. The average molecular weight is 525 g/mol. The molecule has 6 nitrogen and oxygen atoms in total. The van der Waals surface area contributed by atoms with Gasteiger partial charge in [-0.25, -0.2) is 0 Å². The minimum atomic E-state index is -0.136. The van der Waals surface area contributed by atoms with Gasteiger partial charge in [-0.05, 0) is 59.2 Å². The van der Waals surface area contributed by atoms with Gasteiger partial charge in [-0.15, -0.1) is 0 Å². The summed E-state index contributed by atoms with van der Waals surface area (Å²) in [4.78, 5) is 29.8. The zero-order valence-electron chi connectivity index (χ0n) is 20.0. The van der Waals surface area contributed by atoms with Crippen molar-refractivity contribution < 1.29 is 19.1 Å². The van der Waals surface area contributed by atoms with Crippen LogP contribution < -0.4 is 9.47 Å². The summed E-state index contributed by atoms with van der Waals surface area (Å²) in [5.41, 5.74) is 2.88. The molecule has 0 spiro atoms. The molecule has 1 saturated heterocycles. The van der Waals surface area contributed by atoms with Gasteiger partial charge in [-0.1, -0.05) is 47.5 Å². The molecule has 1 fully saturated rings. The van der Waals surface area contributed by atoms with Gasteiger partial charge in [0.05, 0.1) is 14.2 Å². The van der Waals surface area contributed by atoms with Crippen molar-refractivity contribution >= 4 is 40.6 Å². The summed E-state index contributed by atoms with van der Waals surface area (Å²) >= 11 is 12.4. The molecule has 0 radical (unpaired) electrons. The Morgan fingerprint density at radius 3 is 1.81 bits per heavy atom. The van der Waals surface area contributed by atoms with E-state index in [1.165, 1.54) is 7.11 Å². The Balaban J connectivity index is 1.50. The molecule has 1 aliphatic heterocycles. The lowest BCUT2D eigenvalue weighted by Crippen LogP contribution is -2.50. The van der Waals surface area contributed by atoms with Crippen LogP contribution in [0.3, 0.4) is 0 Å². The van der Waals surface area contributed by atoms with Crippen LogP contribution in [0.1, 0.15) is 21.5 Å². The number of nitrogens with zero attached hydrogens (tertiary/aromatic N) is 2. The van der Waals surface area contributed by atoms with Crippen LogP contribution in [0.2, 0.25) is 10.0 Å². The van der Waals surface area contributed by atoms with E-state index < -0.39 is 0 Å². The van der Waals surface area contributed by atoms with Crippen molar-refractivity contribution in [1.82, 2.24) is 9.80 Å². The van der Waals surface area contributed by atoms with Crippen molar-refractivity contribution in [2.75, 3.05) is 40.4 Å². The summed E-state index contributed by atoms with van der Waals surface area (Å²) in [7, 11) is 3.08. The van der Waals surface area contributed by atoms with Crippen LogP contribution in [-0.2, 0) is 4.79 Å². The van der Waals surface area contributed by atoms with E-state index in [1.54, 1.807) is 53.3 Å². The molecule has 0 bridgehead atoms. The highest BCUT2D eigenvalue weighted by Crippen LogP contribution is 2.29. The lowest BCUT2D eigenvalue weighted by molar-refractivity contribution is -0.127. The van der Waals surface area contributed by atoms with Crippen LogP contribution in [-0.4, -0.2) is 62.0 Å². The third-order valence-corrected chi connectivity index (χ3v) is 6.52. The van der Waals surface area contributed by atoms with Crippen molar-refractivity contribution in [1.29, 1.82) is 0 Å². The number of carbonyl (C=O) groups is 2. The Bertz CT molecular complexity index is 1250. The average Bonchev–Trinajstić information content (AvgIpc) is 2.90. The predicted octanol–water partition coefficient (Wildman–Crippen LogP) is 5.43. The standard InChI is InChI=1S/C28H26Cl2N2O4/c1-35-25-10-9-21(17-26(25)36-2)28(34)32-13-11-31(12-14-32)27(33)18-24(19-5-3-7-22(29)15-19)20-6-4-8-23(30)16-20/h3-10,15-18H,11-14H2,1-2H3. The van der Waals surface area contributed by atoms with Gasteiger partial charge in [0.2, 0.25) is 5.91 Å². The number of methoxy groups -OCH3 is 2. The first kappa shape index (κ1) is 25.6. The molecule has 0 aromatic heterocycles. The zero-order chi connectivity index (χ0) is 25.7. The molecule has 4 rings (SSSR count). The predicted molar refractivity (Wildman–Crippen MR) is 142 cm³/mol. The summed E-state index contributed by atoms with van der Waals surface area (Å²) in [6, 6.07) is 19.8. The van der Waals surface area contributed by atoms with E-state index in [1.807, 2.05) is 36.4 Å². The number of piperazine rings is 1. The maximum atomic E-state index is 13.3. The molecule has 36 heavy (non-hydrogen) atoms. The molecule has 0 atom stereocenters. The highest BCUT2D eigenvalue weighted by atomic mass is 35.5. The van der Waals surface area contributed by atoms with E-state index in [4.69, 9.17) is 32.7 Å². The van der Waals surface area contributed by atoms with Crippen molar-refractivity contribution in [3.63, 3.8) is 0 Å². The fourth-order valence-corrected chi connectivity index (χ4v) is 4.52. The van der Waals surface area contributed by atoms with Crippen molar-refractivity contribution in [2.45, 2.75) is 0 Å². The molecule has 0 saturated carbocycles. The summed E-state index contributed by atoms with van der Waals surface area (Å²) in [6.07, 6.45) is 1.61. The van der Waals surface area contributed by atoms with Crippen LogP contribution in [0.15, 0.2) is 72.8 Å². The van der Waals surface area contributed by atoms with Crippen LogP contribution >= 0.6 is 23.2 Å². The molecule has 8 heteroatoms. The van der Waals surface area contributed by atoms with Crippen LogP contribution in [0.5, 0.6) is 11.5 Å².